The minimum Gasteiger partial charge on any atom is -0.382 e. The molecule has 0 fully saturated rings. The summed E-state index contributed by atoms with van der Waals surface area (Å²) < 4.78 is 45.8. The Bertz CT molecular complexity index is 263. The predicted molar refractivity (Wildman–Crippen MR) is 68.5 cm³/mol. The number of unbranched alkanes of at least 4 members (excludes halogenated alkanes) is 1. The molecule has 8 heteroatoms. The van der Waals surface area contributed by atoms with Gasteiger partial charge >= 0.3 is 6.18 Å². The molecule has 0 rings (SSSR count). The summed E-state index contributed by atoms with van der Waals surface area (Å²) in [6, 6.07) is -0.647. The molecule has 0 radical (unpaired) electrons. The lowest BCUT2D eigenvalue weighted by Crippen LogP contribution is -2.45. The van der Waals surface area contributed by atoms with Gasteiger partial charge in [-0.3, -0.25) is 4.79 Å². The summed E-state index contributed by atoms with van der Waals surface area (Å²) in [5, 5.41) is 4.69. The van der Waals surface area contributed by atoms with Crippen LogP contribution in [0.25, 0.3) is 0 Å². The van der Waals surface area contributed by atoms with Crippen LogP contribution in [-0.2, 0) is 14.3 Å². The maximum Gasteiger partial charge on any atom is 0.405 e. The van der Waals surface area contributed by atoms with Gasteiger partial charge in [0.1, 0.15) is 6.54 Å². The fourth-order valence-corrected chi connectivity index (χ4v) is 1.33. The lowest BCUT2D eigenvalue weighted by Gasteiger charge is -2.15. The average Bonchev–Trinajstić information content (AvgIpc) is 2.38. The van der Waals surface area contributed by atoms with E-state index in [0.717, 1.165) is 12.8 Å². The van der Waals surface area contributed by atoms with Gasteiger partial charge < -0.3 is 20.1 Å². The molecule has 5 nitrogen and oxygen atoms in total. The topological polar surface area (TPSA) is 59.6 Å². The van der Waals surface area contributed by atoms with E-state index in [0.29, 0.717) is 26.4 Å². The van der Waals surface area contributed by atoms with Gasteiger partial charge in [-0.05, 0) is 26.3 Å². The van der Waals surface area contributed by atoms with Crippen molar-refractivity contribution in [2.24, 2.45) is 0 Å². The van der Waals surface area contributed by atoms with E-state index in [1.165, 1.54) is 6.92 Å². The first-order valence-electron chi connectivity index (χ1n) is 6.51. The normalized spacial score (nSPS) is 13.2. The first-order chi connectivity index (χ1) is 9.37. The van der Waals surface area contributed by atoms with Gasteiger partial charge in [0, 0.05) is 13.7 Å². The van der Waals surface area contributed by atoms with Gasteiger partial charge in [0.25, 0.3) is 0 Å². The Labute approximate surface area is 117 Å². The Kier molecular flexibility index (Phi) is 10.4. The Morgan fingerprint density at radius 1 is 1.20 bits per heavy atom. The lowest BCUT2D eigenvalue weighted by atomic mass is 10.2. The SMILES string of the molecule is COCCOCCCCNC(C)C(=O)NCC(F)(F)F. The van der Waals surface area contributed by atoms with Crippen LogP contribution >= 0.6 is 0 Å². The highest BCUT2D eigenvalue weighted by Gasteiger charge is 2.28. The van der Waals surface area contributed by atoms with Crippen molar-refractivity contribution in [2.75, 3.05) is 40.0 Å². The number of ether oxygens (including phenoxy) is 2. The predicted octanol–water partition coefficient (Wildman–Crippen LogP) is 1.09. The number of halogens is 3. The summed E-state index contributed by atoms with van der Waals surface area (Å²) in [7, 11) is 1.60. The molecule has 0 heterocycles. The van der Waals surface area contributed by atoms with Crippen LogP contribution in [0.15, 0.2) is 0 Å². The molecule has 20 heavy (non-hydrogen) atoms. The van der Waals surface area contributed by atoms with Crippen LogP contribution in [0.3, 0.4) is 0 Å². The Morgan fingerprint density at radius 2 is 1.90 bits per heavy atom. The molecule has 0 spiro atoms. The third-order valence-corrected chi connectivity index (χ3v) is 2.45. The molecule has 0 bridgehead atoms. The molecule has 0 aromatic heterocycles. The van der Waals surface area contributed by atoms with E-state index in [4.69, 9.17) is 9.47 Å². The standard InChI is InChI=1S/C12H23F3N2O3/c1-10(11(18)17-9-12(13,14)15)16-5-3-4-6-20-8-7-19-2/h10,16H,3-9H2,1-2H3,(H,17,18). The lowest BCUT2D eigenvalue weighted by molar-refractivity contribution is -0.139. The van der Waals surface area contributed by atoms with Gasteiger partial charge in [0.15, 0.2) is 0 Å². The van der Waals surface area contributed by atoms with Crippen LogP contribution in [0, 0.1) is 0 Å². The molecule has 0 saturated carbocycles. The van der Waals surface area contributed by atoms with Crippen LogP contribution in [0.1, 0.15) is 19.8 Å². The van der Waals surface area contributed by atoms with Gasteiger partial charge in [-0.25, -0.2) is 0 Å². The summed E-state index contributed by atoms with van der Waals surface area (Å²) in [6.07, 6.45) is -2.79. The van der Waals surface area contributed by atoms with Crippen LogP contribution in [0.4, 0.5) is 13.2 Å². The third kappa shape index (κ3) is 12.2. The van der Waals surface area contributed by atoms with Gasteiger partial charge in [0.05, 0.1) is 19.3 Å². The van der Waals surface area contributed by atoms with Gasteiger partial charge in [-0.1, -0.05) is 0 Å². The number of alkyl halides is 3. The van der Waals surface area contributed by atoms with E-state index in [9.17, 15) is 18.0 Å². The van der Waals surface area contributed by atoms with E-state index in [1.807, 2.05) is 5.32 Å². The zero-order valence-corrected chi connectivity index (χ0v) is 11.9. The van der Waals surface area contributed by atoms with Gasteiger partial charge in [-0.15, -0.1) is 0 Å². The molecular weight excluding hydrogens is 277 g/mol. The summed E-state index contributed by atoms with van der Waals surface area (Å²) in [4.78, 5) is 11.3. The molecule has 0 aromatic rings. The molecule has 1 unspecified atom stereocenters. The highest BCUT2D eigenvalue weighted by atomic mass is 19.4. The van der Waals surface area contributed by atoms with E-state index in [2.05, 4.69) is 5.32 Å². The van der Waals surface area contributed by atoms with Crippen molar-refractivity contribution in [3.05, 3.63) is 0 Å². The summed E-state index contributed by atoms with van der Waals surface area (Å²) in [5.41, 5.74) is 0. The second-order valence-corrected chi connectivity index (χ2v) is 4.32. The van der Waals surface area contributed by atoms with E-state index < -0.39 is 24.7 Å². The van der Waals surface area contributed by atoms with E-state index in [1.54, 1.807) is 7.11 Å². The van der Waals surface area contributed by atoms with Crippen LogP contribution < -0.4 is 10.6 Å². The van der Waals surface area contributed by atoms with Crippen molar-refractivity contribution in [1.82, 2.24) is 10.6 Å². The molecule has 1 atom stereocenters. The number of hydrogen-bond donors (Lipinski definition) is 2. The highest BCUT2D eigenvalue weighted by Crippen LogP contribution is 2.12. The molecule has 0 saturated heterocycles. The highest BCUT2D eigenvalue weighted by molar-refractivity contribution is 5.81. The van der Waals surface area contributed by atoms with Crippen molar-refractivity contribution >= 4 is 5.91 Å². The Balaban J connectivity index is 3.48. The minimum atomic E-state index is -4.38. The van der Waals surface area contributed by atoms with Gasteiger partial charge in [0.2, 0.25) is 5.91 Å². The maximum atomic E-state index is 11.9. The first-order valence-corrected chi connectivity index (χ1v) is 6.51. The van der Waals surface area contributed by atoms with Crippen LogP contribution in [-0.4, -0.2) is 58.1 Å². The minimum absolute atomic E-state index is 0.542. The quantitative estimate of drug-likeness (QED) is 0.561. The zero-order valence-electron chi connectivity index (χ0n) is 11.9. The average molecular weight is 300 g/mol. The zero-order chi connectivity index (χ0) is 15.4. The van der Waals surface area contributed by atoms with Crippen LogP contribution in [0.5, 0.6) is 0 Å². The fourth-order valence-electron chi connectivity index (χ4n) is 1.33. The Morgan fingerprint density at radius 3 is 2.50 bits per heavy atom. The van der Waals surface area contributed by atoms with Crippen molar-refractivity contribution < 1.29 is 27.4 Å². The largest absolute Gasteiger partial charge is 0.405 e. The van der Waals surface area contributed by atoms with Crippen LogP contribution in [0.2, 0.25) is 0 Å². The van der Waals surface area contributed by atoms with E-state index in [-0.39, 0.29) is 0 Å². The molecule has 1 amide bonds. The molecule has 2 N–H and O–H groups in total. The number of amides is 1. The van der Waals surface area contributed by atoms with Crippen molar-refractivity contribution in [3.63, 3.8) is 0 Å². The fraction of sp³-hybridized carbons (Fsp3) is 0.917. The Hall–Kier alpha value is -0.860. The smallest absolute Gasteiger partial charge is 0.382 e. The first kappa shape index (κ1) is 19.1. The number of carbonyl (C=O) groups is 1. The second-order valence-electron chi connectivity index (χ2n) is 4.32. The van der Waals surface area contributed by atoms with Crippen molar-refractivity contribution in [3.8, 4) is 0 Å². The molecule has 0 aliphatic heterocycles. The number of carbonyl (C=O) groups excluding carboxylic acids is 1. The number of methoxy groups -OCH3 is 1. The molecule has 0 aliphatic rings. The molecule has 0 aromatic carbocycles. The number of hydrogen-bond acceptors (Lipinski definition) is 4. The van der Waals surface area contributed by atoms with Crippen molar-refractivity contribution in [1.29, 1.82) is 0 Å². The second kappa shape index (κ2) is 10.9. The van der Waals surface area contributed by atoms with Gasteiger partial charge in [-0.2, -0.15) is 13.2 Å². The summed E-state index contributed by atoms with van der Waals surface area (Å²) >= 11 is 0. The summed E-state index contributed by atoms with van der Waals surface area (Å²) in [6.45, 7) is 2.47. The maximum absolute atomic E-state index is 11.9. The molecule has 120 valence electrons. The summed E-state index contributed by atoms with van der Waals surface area (Å²) in [5.74, 6) is -0.654. The van der Waals surface area contributed by atoms with E-state index >= 15 is 0 Å². The van der Waals surface area contributed by atoms with Crippen molar-refractivity contribution in [2.45, 2.75) is 32.0 Å². The number of nitrogens with one attached hydrogen (secondary N) is 2. The monoisotopic (exact) mass is 300 g/mol. The third-order valence-electron chi connectivity index (χ3n) is 2.45. The number of rotatable bonds is 11. The molecular formula is C12H23F3N2O3. The molecule has 0 aliphatic carbocycles.